The van der Waals surface area contributed by atoms with Crippen molar-refractivity contribution in [2.24, 2.45) is 5.92 Å². The zero-order valence-electron chi connectivity index (χ0n) is 11.9. The van der Waals surface area contributed by atoms with E-state index in [2.05, 4.69) is 11.8 Å². The van der Waals surface area contributed by atoms with Crippen LogP contribution in [0.4, 0.5) is 0 Å². The monoisotopic (exact) mass is 253 g/mol. The first-order valence-corrected chi connectivity index (χ1v) is 7.61. The van der Waals surface area contributed by atoms with Gasteiger partial charge in [0.05, 0.1) is 7.11 Å². The van der Waals surface area contributed by atoms with Gasteiger partial charge in [-0.25, -0.2) is 0 Å². The third-order valence-corrected chi connectivity index (χ3v) is 4.84. The summed E-state index contributed by atoms with van der Waals surface area (Å²) in [7, 11) is 1.52. The molecule has 0 aromatic carbocycles. The molecule has 0 bridgehead atoms. The maximum atomic E-state index is 12.0. The Morgan fingerprint density at radius 1 is 1.17 bits per heavy atom. The molecule has 3 nitrogen and oxygen atoms in total. The lowest BCUT2D eigenvalue weighted by Crippen LogP contribution is -2.53. The highest BCUT2D eigenvalue weighted by Gasteiger charge is 2.37. The smallest absolute Gasteiger partial charge is 0.323 e. The summed E-state index contributed by atoms with van der Waals surface area (Å²) in [6, 6.07) is 0.647. The Kier molecular flexibility index (Phi) is 5.04. The minimum absolute atomic E-state index is 0.0184. The van der Waals surface area contributed by atoms with E-state index in [1.54, 1.807) is 0 Å². The van der Waals surface area contributed by atoms with Gasteiger partial charge < -0.3 is 4.74 Å². The molecule has 104 valence electrons. The molecule has 2 rings (SSSR count). The topological polar surface area (TPSA) is 29.5 Å². The number of likely N-dealkylation sites (tertiary alicyclic amines) is 1. The van der Waals surface area contributed by atoms with Crippen LogP contribution in [-0.4, -0.2) is 36.6 Å². The molecule has 3 unspecified atom stereocenters. The lowest BCUT2D eigenvalue weighted by Gasteiger charge is -2.45. The number of esters is 1. The first kappa shape index (κ1) is 13.9. The largest absolute Gasteiger partial charge is 0.468 e. The minimum atomic E-state index is -0.0184. The molecule has 1 saturated heterocycles. The van der Waals surface area contributed by atoms with E-state index in [4.69, 9.17) is 4.74 Å². The molecule has 0 aromatic rings. The molecule has 0 N–H and O–H groups in total. The first-order valence-electron chi connectivity index (χ1n) is 7.61. The van der Waals surface area contributed by atoms with Gasteiger partial charge in [0.2, 0.25) is 0 Å². The number of piperidine rings is 1. The third kappa shape index (κ3) is 2.87. The summed E-state index contributed by atoms with van der Waals surface area (Å²) in [4.78, 5) is 14.4. The van der Waals surface area contributed by atoms with Crippen LogP contribution < -0.4 is 0 Å². The zero-order chi connectivity index (χ0) is 13.0. The Balaban J connectivity index is 2.09. The Morgan fingerprint density at radius 3 is 2.61 bits per heavy atom. The van der Waals surface area contributed by atoms with Crippen molar-refractivity contribution < 1.29 is 9.53 Å². The van der Waals surface area contributed by atoms with Crippen molar-refractivity contribution in [2.45, 2.75) is 70.4 Å². The number of nitrogens with zero attached hydrogens (tertiary/aromatic N) is 1. The molecule has 0 amide bonds. The van der Waals surface area contributed by atoms with Crippen molar-refractivity contribution in [1.29, 1.82) is 0 Å². The van der Waals surface area contributed by atoms with E-state index in [9.17, 15) is 4.79 Å². The van der Waals surface area contributed by atoms with Crippen LogP contribution in [0.2, 0.25) is 0 Å². The Labute approximate surface area is 111 Å². The summed E-state index contributed by atoms with van der Waals surface area (Å²) in [6.45, 7) is 3.38. The fourth-order valence-corrected chi connectivity index (χ4v) is 3.84. The number of carbonyl (C=O) groups is 1. The quantitative estimate of drug-likeness (QED) is 0.724. The van der Waals surface area contributed by atoms with Crippen LogP contribution in [0.5, 0.6) is 0 Å². The Bertz CT molecular complexity index is 280. The van der Waals surface area contributed by atoms with Crippen molar-refractivity contribution in [3.8, 4) is 0 Å². The van der Waals surface area contributed by atoms with Crippen LogP contribution in [0.25, 0.3) is 0 Å². The summed E-state index contributed by atoms with van der Waals surface area (Å²) in [5.74, 6) is 0.763. The first-order chi connectivity index (χ1) is 8.77. The summed E-state index contributed by atoms with van der Waals surface area (Å²) in [6.07, 6.45) is 9.93. The van der Waals surface area contributed by atoms with E-state index in [0.717, 1.165) is 18.9 Å². The number of ether oxygens (including phenoxy) is 1. The molecule has 1 aliphatic heterocycles. The van der Waals surface area contributed by atoms with Gasteiger partial charge in [-0.3, -0.25) is 9.69 Å². The van der Waals surface area contributed by atoms with Crippen molar-refractivity contribution in [1.82, 2.24) is 4.90 Å². The van der Waals surface area contributed by atoms with E-state index >= 15 is 0 Å². The standard InChI is InChI=1S/C15H27NO2/c1-3-12-8-4-5-9-13(12)16-11-7-6-10-14(16)15(17)18-2/h12-14H,3-11H2,1-2H3. The maximum Gasteiger partial charge on any atom is 0.323 e. The number of carbonyl (C=O) groups excluding carboxylic acids is 1. The van der Waals surface area contributed by atoms with Crippen LogP contribution in [0, 0.1) is 5.92 Å². The van der Waals surface area contributed by atoms with Gasteiger partial charge in [-0.15, -0.1) is 0 Å². The highest BCUT2D eigenvalue weighted by Crippen LogP contribution is 2.34. The second-order valence-electron chi connectivity index (χ2n) is 5.79. The van der Waals surface area contributed by atoms with Crippen molar-refractivity contribution in [3.05, 3.63) is 0 Å². The average molecular weight is 253 g/mol. The Hall–Kier alpha value is -0.570. The van der Waals surface area contributed by atoms with Gasteiger partial charge in [0.15, 0.2) is 0 Å². The van der Waals surface area contributed by atoms with Crippen molar-refractivity contribution >= 4 is 5.97 Å². The van der Waals surface area contributed by atoms with E-state index in [0.29, 0.717) is 6.04 Å². The Morgan fingerprint density at radius 2 is 1.89 bits per heavy atom. The van der Waals surface area contributed by atoms with Crippen molar-refractivity contribution in [2.75, 3.05) is 13.7 Å². The second kappa shape index (κ2) is 6.55. The van der Waals surface area contributed by atoms with Crippen molar-refractivity contribution in [3.63, 3.8) is 0 Å². The number of hydrogen-bond acceptors (Lipinski definition) is 3. The summed E-state index contributed by atoms with van der Waals surface area (Å²) in [5.41, 5.74) is 0. The third-order valence-electron chi connectivity index (χ3n) is 4.84. The van der Waals surface area contributed by atoms with Crippen LogP contribution in [0.1, 0.15) is 58.3 Å². The van der Waals surface area contributed by atoms with Crippen LogP contribution >= 0.6 is 0 Å². The van der Waals surface area contributed by atoms with Gasteiger partial charge in [0.1, 0.15) is 6.04 Å². The van der Waals surface area contributed by atoms with Crippen LogP contribution in [0.15, 0.2) is 0 Å². The molecule has 0 spiro atoms. The predicted octanol–water partition coefficient (Wildman–Crippen LogP) is 2.98. The number of methoxy groups -OCH3 is 1. The van der Waals surface area contributed by atoms with Gasteiger partial charge in [-0.2, -0.15) is 0 Å². The molecule has 0 aromatic heterocycles. The average Bonchev–Trinajstić information content (AvgIpc) is 2.46. The molecule has 1 saturated carbocycles. The van der Waals surface area contributed by atoms with Gasteiger partial charge in [-0.05, 0) is 38.1 Å². The van der Waals surface area contributed by atoms with Gasteiger partial charge in [0.25, 0.3) is 0 Å². The molecular weight excluding hydrogens is 226 g/mol. The summed E-state index contributed by atoms with van der Waals surface area (Å²) >= 11 is 0. The van der Waals surface area contributed by atoms with Gasteiger partial charge in [-0.1, -0.05) is 32.6 Å². The maximum absolute atomic E-state index is 12.0. The fourth-order valence-electron chi connectivity index (χ4n) is 3.84. The highest BCUT2D eigenvalue weighted by molar-refractivity contribution is 5.75. The van der Waals surface area contributed by atoms with E-state index < -0.39 is 0 Å². The van der Waals surface area contributed by atoms with Crippen LogP contribution in [0.3, 0.4) is 0 Å². The molecule has 2 fully saturated rings. The lowest BCUT2D eigenvalue weighted by molar-refractivity contribution is -0.150. The molecule has 1 heterocycles. The summed E-state index contributed by atoms with van der Waals surface area (Å²) in [5, 5.41) is 0. The molecular formula is C15H27NO2. The normalized spacial score (nSPS) is 34.2. The van der Waals surface area contributed by atoms with Gasteiger partial charge >= 0.3 is 5.97 Å². The summed E-state index contributed by atoms with van der Waals surface area (Å²) < 4.78 is 5.00. The second-order valence-corrected chi connectivity index (χ2v) is 5.79. The molecule has 3 heteroatoms. The highest BCUT2D eigenvalue weighted by atomic mass is 16.5. The molecule has 3 atom stereocenters. The van der Waals surface area contributed by atoms with E-state index in [1.807, 2.05) is 0 Å². The molecule has 18 heavy (non-hydrogen) atoms. The number of hydrogen-bond donors (Lipinski definition) is 0. The van der Waals surface area contributed by atoms with Crippen LogP contribution in [-0.2, 0) is 9.53 Å². The predicted molar refractivity (Wildman–Crippen MR) is 72.4 cm³/mol. The van der Waals surface area contributed by atoms with Gasteiger partial charge in [0, 0.05) is 6.04 Å². The zero-order valence-corrected chi connectivity index (χ0v) is 11.9. The lowest BCUT2D eigenvalue weighted by atomic mass is 9.80. The van der Waals surface area contributed by atoms with E-state index in [1.165, 1.54) is 52.1 Å². The minimum Gasteiger partial charge on any atom is -0.468 e. The SMILES string of the molecule is CCC1CCCCC1N1CCCCC1C(=O)OC. The molecule has 2 aliphatic rings. The number of rotatable bonds is 3. The molecule has 1 aliphatic carbocycles. The molecule has 0 radical (unpaired) electrons. The fraction of sp³-hybridized carbons (Fsp3) is 0.933. The van der Waals surface area contributed by atoms with E-state index in [-0.39, 0.29) is 12.0 Å².